The standard InChI is InChI=1S/C28H33FN2O2/c1-30-25(32)15-8-16-28(30)19-31(18-24(28)22-13-7-14-23(29)17-22)27(33)26(21-11-5-6-12-21)20-9-3-2-4-10-20/h2-4,7,9-10,13-14,17,21,24,26H,5-6,8,11-12,15-16,18-19H2,1H3/t24-,26?,28+/m0/s1. The van der Waals surface area contributed by atoms with Crippen LogP contribution in [0.5, 0.6) is 0 Å². The van der Waals surface area contributed by atoms with Crippen molar-refractivity contribution < 1.29 is 14.0 Å². The first-order valence-electron chi connectivity index (χ1n) is 12.4. The third-order valence-electron chi connectivity index (χ3n) is 8.42. The molecule has 4 nitrogen and oxygen atoms in total. The van der Waals surface area contributed by atoms with Crippen LogP contribution in [0.2, 0.25) is 0 Å². The number of halogens is 1. The van der Waals surface area contributed by atoms with Gasteiger partial charge in [0.05, 0.1) is 11.5 Å². The minimum absolute atomic E-state index is 0.0913. The van der Waals surface area contributed by atoms with Gasteiger partial charge in [-0.1, -0.05) is 55.3 Å². The van der Waals surface area contributed by atoms with Crippen LogP contribution in [-0.2, 0) is 9.59 Å². The maximum absolute atomic E-state index is 14.2. The van der Waals surface area contributed by atoms with E-state index >= 15 is 0 Å². The highest BCUT2D eigenvalue weighted by atomic mass is 19.1. The average Bonchev–Trinajstić information content (AvgIpc) is 3.48. The van der Waals surface area contributed by atoms with Gasteiger partial charge in [0.15, 0.2) is 0 Å². The van der Waals surface area contributed by atoms with Crippen molar-refractivity contribution in [2.75, 3.05) is 20.1 Å². The zero-order chi connectivity index (χ0) is 23.0. The minimum atomic E-state index is -0.476. The van der Waals surface area contributed by atoms with Crippen LogP contribution in [-0.4, -0.2) is 47.3 Å². The second-order valence-electron chi connectivity index (χ2n) is 10.2. The van der Waals surface area contributed by atoms with E-state index < -0.39 is 5.54 Å². The molecule has 2 aromatic rings. The lowest BCUT2D eigenvalue weighted by atomic mass is 9.75. The maximum atomic E-state index is 14.2. The van der Waals surface area contributed by atoms with Crippen molar-refractivity contribution in [1.82, 2.24) is 9.80 Å². The van der Waals surface area contributed by atoms with E-state index in [0.29, 0.717) is 25.4 Å². The summed E-state index contributed by atoms with van der Waals surface area (Å²) in [6.07, 6.45) is 6.69. The normalized spacial score (nSPS) is 26.8. The smallest absolute Gasteiger partial charge is 0.230 e. The molecule has 0 aromatic heterocycles. The first-order valence-corrected chi connectivity index (χ1v) is 12.4. The van der Waals surface area contributed by atoms with E-state index in [1.165, 1.54) is 18.9 Å². The van der Waals surface area contributed by atoms with Crippen LogP contribution in [0.1, 0.15) is 67.9 Å². The number of likely N-dealkylation sites (tertiary alicyclic amines) is 2. The summed E-state index contributed by atoms with van der Waals surface area (Å²) in [6, 6.07) is 16.9. The van der Waals surface area contributed by atoms with Crippen LogP contribution < -0.4 is 0 Å². The van der Waals surface area contributed by atoms with Gasteiger partial charge in [-0.2, -0.15) is 0 Å². The molecule has 1 aliphatic carbocycles. The molecule has 2 saturated heterocycles. The second kappa shape index (κ2) is 8.92. The van der Waals surface area contributed by atoms with E-state index in [9.17, 15) is 14.0 Å². The highest BCUT2D eigenvalue weighted by molar-refractivity contribution is 5.85. The third-order valence-corrected chi connectivity index (χ3v) is 8.42. The van der Waals surface area contributed by atoms with Crippen molar-refractivity contribution in [3.63, 3.8) is 0 Å². The number of hydrogen-bond donors (Lipinski definition) is 0. The van der Waals surface area contributed by atoms with Crippen LogP contribution in [0.3, 0.4) is 0 Å². The summed E-state index contributed by atoms with van der Waals surface area (Å²) in [6.45, 7) is 1.04. The summed E-state index contributed by atoms with van der Waals surface area (Å²) < 4.78 is 14.2. The topological polar surface area (TPSA) is 40.6 Å². The molecular formula is C28H33FN2O2. The van der Waals surface area contributed by atoms with Gasteiger partial charge in [-0.3, -0.25) is 9.59 Å². The van der Waals surface area contributed by atoms with Crippen molar-refractivity contribution in [2.24, 2.45) is 5.92 Å². The van der Waals surface area contributed by atoms with Gasteiger partial charge in [0.25, 0.3) is 0 Å². The Kier molecular flexibility index (Phi) is 5.98. The van der Waals surface area contributed by atoms with E-state index in [1.807, 2.05) is 41.1 Å². The first-order chi connectivity index (χ1) is 16.0. The molecule has 0 N–H and O–H groups in total. The van der Waals surface area contributed by atoms with E-state index in [4.69, 9.17) is 0 Å². The number of carbonyl (C=O) groups excluding carboxylic acids is 2. The quantitative estimate of drug-likeness (QED) is 0.652. The molecule has 2 amide bonds. The SMILES string of the molecule is CN1C(=O)CCC[C@]12CN(C(=O)C(c1ccccc1)C1CCCC1)C[C@H]2c1cccc(F)c1. The van der Waals surface area contributed by atoms with Gasteiger partial charge in [-0.25, -0.2) is 4.39 Å². The Balaban J connectivity index is 1.51. The van der Waals surface area contributed by atoms with Crippen molar-refractivity contribution >= 4 is 11.8 Å². The fraction of sp³-hybridized carbons (Fsp3) is 0.500. The number of rotatable bonds is 4. The minimum Gasteiger partial charge on any atom is -0.339 e. The van der Waals surface area contributed by atoms with E-state index in [0.717, 1.165) is 36.8 Å². The van der Waals surface area contributed by atoms with Crippen molar-refractivity contribution in [3.05, 3.63) is 71.5 Å². The zero-order valence-corrected chi connectivity index (χ0v) is 19.4. The molecule has 5 heteroatoms. The van der Waals surface area contributed by atoms with E-state index in [1.54, 1.807) is 12.1 Å². The molecular weight excluding hydrogens is 415 g/mol. The molecule has 0 radical (unpaired) electrons. The molecule has 3 aliphatic rings. The summed E-state index contributed by atoms with van der Waals surface area (Å²) in [4.78, 5) is 30.8. The van der Waals surface area contributed by atoms with Gasteiger partial charge in [0, 0.05) is 32.5 Å². The summed E-state index contributed by atoms with van der Waals surface area (Å²) in [5.74, 6) is 0.123. The Labute approximate surface area is 195 Å². The Morgan fingerprint density at radius 2 is 1.82 bits per heavy atom. The molecule has 2 aliphatic heterocycles. The van der Waals surface area contributed by atoms with Gasteiger partial charge in [0.1, 0.15) is 5.82 Å². The number of likely N-dealkylation sites (N-methyl/N-ethyl adjacent to an activating group) is 1. The fourth-order valence-corrected chi connectivity index (χ4v) is 6.69. The molecule has 3 atom stereocenters. The molecule has 2 aromatic carbocycles. The van der Waals surface area contributed by atoms with Gasteiger partial charge in [-0.15, -0.1) is 0 Å². The van der Waals surface area contributed by atoms with Crippen LogP contribution in [0.4, 0.5) is 4.39 Å². The third kappa shape index (κ3) is 3.96. The van der Waals surface area contributed by atoms with Crippen LogP contribution >= 0.6 is 0 Å². The summed E-state index contributed by atoms with van der Waals surface area (Å²) in [5.41, 5.74) is 1.49. The number of nitrogens with zero attached hydrogens (tertiary/aromatic N) is 2. The average molecular weight is 449 g/mol. The highest BCUT2D eigenvalue weighted by Gasteiger charge is 2.54. The number of hydrogen-bond acceptors (Lipinski definition) is 2. The predicted octanol–water partition coefficient (Wildman–Crippen LogP) is 5.11. The van der Waals surface area contributed by atoms with Crippen molar-refractivity contribution in [3.8, 4) is 0 Å². The Morgan fingerprint density at radius 3 is 2.55 bits per heavy atom. The van der Waals surface area contributed by atoms with Crippen LogP contribution in [0.25, 0.3) is 0 Å². The largest absolute Gasteiger partial charge is 0.339 e. The van der Waals surface area contributed by atoms with Crippen molar-refractivity contribution in [2.45, 2.75) is 62.3 Å². The number of benzene rings is 2. The molecule has 1 saturated carbocycles. The number of amides is 2. The first kappa shape index (κ1) is 22.1. The Bertz CT molecular complexity index is 1020. The lowest BCUT2D eigenvalue weighted by molar-refractivity contribution is -0.141. The molecule has 2 heterocycles. The van der Waals surface area contributed by atoms with Crippen LogP contribution in [0, 0.1) is 11.7 Å². The summed E-state index contributed by atoms with van der Waals surface area (Å²) >= 11 is 0. The molecule has 174 valence electrons. The molecule has 5 rings (SSSR count). The summed E-state index contributed by atoms with van der Waals surface area (Å²) in [5, 5.41) is 0. The zero-order valence-electron chi connectivity index (χ0n) is 19.4. The highest BCUT2D eigenvalue weighted by Crippen LogP contribution is 2.47. The number of piperidine rings is 1. The van der Waals surface area contributed by atoms with Gasteiger partial charge < -0.3 is 9.80 Å². The molecule has 33 heavy (non-hydrogen) atoms. The van der Waals surface area contributed by atoms with E-state index in [-0.39, 0.29) is 29.5 Å². The molecule has 3 fully saturated rings. The second-order valence-corrected chi connectivity index (χ2v) is 10.2. The maximum Gasteiger partial charge on any atom is 0.230 e. The summed E-state index contributed by atoms with van der Waals surface area (Å²) in [7, 11) is 1.87. The Morgan fingerprint density at radius 1 is 1.06 bits per heavy atom. The van der Waals surface area contributed by atoms with E-state index in [2.05, 4.69) is 12.1 Å². The van der Waals surface area contributed by atoms with Crippen LogP contribution in [0.15, 0.2) is 54.6 Å². The lowest BCUT2D eigenvalue weighted by Crippen LogP contribution is -2.57. The van der Waals surface area contributed by atoms with Gasteiger partial charge in [0.2, 0.25) is 11.8 Å². The predicted molar refractivity (Wildman–Crippen MR) is 126 cm³/mol. The van der Waals surface area contributed by atoms with Crippen molar-refractivity contribution in [1.29, 1.82) is 0 Å². The monoisotopic (exact) mass is 448 g/mol. The molecule has 1 spiro atoms. The van der Waals surface area contributed by atoms with Gasteiger partial charge >= 0.3 is 0 Å². The fourth-order valence-electron chi connectivity index (χ4n) is 6.69. The Hall–Kier alpha value is -2.69. The number of carbonyl (C=O) groups is 2. The lowest BCUT2D eigenvalue weighted by Gasteiger charge is -2.46. The molecule has 1 unspecified atom stereocenters. The molecule has 0 bridgehead atoms. The van der Waals surface area contributed by atoms with Gasteiger partial charge in [-0.05, 0) is 54.9 Å².